The van der Waals surface area contributed by atoms with Crippen LogP contribution in [0.15, 0.2) is 6.33 Å². The highest BCUT2D eigenvalue weighted by molar-refractivity contribution is 7.47. The van der Waals surface area contributed by atoms with Crippen molar-refractivity contribution in [3.8, 4) is 5.88 Å². The Morgan fingerprint density at radius 1 is 0.974 bits per heavy atom. The molecule has 5 atom stereocenters. The summed E-state index contributed by atoms with van der Waals surface area (Å²) in [4.78, 5) is 24.8. The molecule has 0 saturated carbocycles. The second-order valence-electron chi connectivity index (χ2n) is 9.93. The molecular weight excluding hydrogens is 517 g/mol. The minimum atomic E-state index is -4.39. The molecular formula is C25H46N3O9P. The van der Waals surface area contributed by atoms with Crippen LogP contribution in [0.4, 0.5) is 0 Å². The molecule has 12 nitrogen and oxygen atoms in total. The predicted molar refractivity (Wildman–Crippen MR) is 140 cm³/mol. The van der Waals surface area contributed by atoms with Gasteiger partial charge in [-0.25, -0.2) is 9.55 Å². The number of aromatic hydroxyl groups is 1. The van der Waals surface area contributed by atoms with Crippen LogP contribution >= 0.6 is 7.82 Å². The molecule has 1 amide bonds. The highest BCUT2D eigenvalue weighted by Gasteiger charge is 2.45. The minimum Gasteiger partial charge on any atom is -0.493 e. The van der Waals surface area contributed by atoms with E-state index in [4.69, 9.17) is 19.5 Å². The maximum atomic E-state index is 12.2. The van der Waals surface area contributed by atoms with Crippen LogP contribution in [0, 0.1) is 0 Å². The molecule has 0 radical (unpaired) electrons. The normalized spacial score (nSPS) is 23.1. The van der Waals surface area contributed by atoms with Crippen LogP contribution in [0.2, 0.25) is 0 Å². The monoisotopic (exact) mass is 563 g/mol. The Morgan fingerprint density at radius 2 is 1.50 bits per heavy atom. The van der Waals surface area contributed by atoms with Crippen LogP contribution < -0.4 is 5.73 Å². The highest BCUT2D eigenvalue weighted by Crippen LogP contribution is 2.44. The lowest BCUT2D eigenvalue weighted by Crippen LogP contribution is -2.33. The fourth-order valence-corrected chi connectivity index (χ4v) is 5.26. The van der Waals surface area contributed by atoms with E-state index in [1.807, 2.05) is 0 Å². The number of nitrogens with zero attached hydrogens (tertiary/aromatic N) is 2. The van der Waals surface area contributed by atoms with E-state index < -0.39 is 56.5 Å². The van der Waals surface area contributed by atoms with Crippen molar-refractivity contribution >= 4 is 13.7 Å². The number of primary amides is 1. The zero-order chi connectivity index (χ0) is 28.0. The van der Waals surface area contributed by atoms with Gasteiger partial charge in [0.05, 0.1) is 13.2 Å². The summed E-state index contributed by atoms with van der Waals surface area (Å²) in [7, 11) is -4.39. The lowest BCUT2D eigenvalue weighted by atomic mass is 10.0. The SMILES string of the molecule is CCCCCCCCCCCCCCCCOP(=O)(O)OC[C@H]1O[C@@H](n2cnc(C(N)=O)c2O)[C@H](O)[C@@H]1O. The highest BCUT2D eigenvalue weighted by atomic mass is 31.2. The largest absolute Gasteiger partial charge is 0.493 e. The van der Waals surface area contributed by atoms with Crippen molar-refractivity contribution < 1.29 is 43.4 Å². The van der Waals surface area contributed by atoms with Gasteiger partial charge in [0.2, 0.25) is 5.88 Å². The van der Waals surface area contributed by atoms with E-state index >= 15 is 0 Å². The predicted octanol–water partition coefficient (Wildman–Crippen LogP) is 3.92. The van der Waals surface area contributed by atoms with Crippen LogP contribution in [0.5, 0.6) is 5.88 Å². The summed E-state index contributed by atoms with van der Waals surface area (Å²) < 4.78 is 28.5. The van der Waals surface area contributed by atoms with Gasteiger partial charge in [-0.05, 0) is 6.42 Å². The van der Waals surface area contributed by atoms with E-state index in [1.165, 1.54) is 64.2 Å². The molecule has 1 unspecified atom stereocenters. The Bertz CT molecular complexity index is 869. The molecule has 38 heavy (non-hydrogen) atoms. The van der Waals surface area contributed by atoms with Crippen LogP contribution in [-0.4, -0.2) is 67.2 Å². The van der Waals surface area contributed by atoms with Crippen molar-refractivity contribution in [2.75, 3.05) is 13.2 Å². The first kappa shape index (κ1) is 32.7. The van der Waals surface area contributed by atoms with Crippen LogP contribution in [0.1, 0.15) is 114 Å². The number of aliphatic hydroxyl groups excluding tert-OH is 2. The third-order valence-corrected chi connectivity index (χ3v) is 7.75. The fourth-order valence-electron chi connectivity index (χ4n) is 4.49. The minimum absolute atomic E-state index is 0.0595. The third kappa shape index (κ3) is 10.9. The lowest BCUT2D eigenvalue weighted by Gasteiger charge is -2.17. The molecule has 1 aliphatic rings. The van der Waals surface area contributed by atoms with E-state index in [0.717, 1.165) is 30.2 Å². The smallest absolute Gasteiger partial charge is 0.472 e. The van der Waals surface area contributed by atoms with Crippen LogP contribution in [-0.2, 0) is 18.3 Å². The molecule has 0 bridgehead atoms. The average molecular weight is 564 g/mol. The van der Waals surface area contributed by atoms with E-state index in [2.05, 4.69) is 11.9 Å². The molecule has 6 N–H and O–H groups in total. The Labute approximate surface area is 225 Å². The molecule has 0 spiro atoms. The number of carbonyl (C=O) groups is 1. The Morgan fingerprint density at radius 3 is 2.00 bits per heavy atom. The topological polar surface area (TPSA) is 187 Å². The van der Waals surface area contributed by atoms with Gasteiger partial charge in [0, 0.05) is 0 Å². The number of aromatic nitrogens is 2. The molecule has 13 heteroatoms. The molecule has 220 valence electrons. The number of phosphoric acid groups is 1. The van der Waals surface area contributed by atoms with Gasteiger partial charge in [0.1, 0.15) is 24.6 Å². The molecule has 1 aromatic heterocycles. The molecule has 2 rings (SSSR count). The number of unbranched alkanes of at least 4 members (excludes halogenated alkanes) is 13. The summed E-state index contributed by atoms with van der Waals surface area (Å²) >= 11 is 0. The molecule has 1 fully saturated rings. The summed E-state index contributed by atoms with van der Waals surface area (Å²) in [5.41, 5.74) is 4.68. The zero-order valence-corrected chi connectivity index (χ0v) is 23.3. The van der Waals surface area contributed by atoms with Crippen LogP contribution in [0.25, 0.3) is 0 Å². The van der Waals surface area contributed by atoms with Crippen molar-refractivity contribution in [2.24, 2.45) is 5.73 Å². The second-order valence-corrected chi connectivity index (χ2v) is 11.4. The van der Waals surface area contributed by atoms with E-state index in [0.29, 0.717) is 6.42 Å². The number of ether oxygens (including phenoxy) is 1. The maximum absolute atomic E-state index is 12.2. The van der Waals surface area contributed by atoms with E-state index in [9.17, 15) is 29.6 Å². The van der Waals surface area contributed by atoms with Crippen molar-refractivity contribution in [3.63, 3.8) is 0 Å². The van der Waals surface area contributed by atoms with Gasteiger partial charge in [0.25, 0.3) is 5.91 Å². The quantitative estimate of drug-likeness (QED) is 0.108. The maximum Gasteiger partial charge on any atom is 0.472 e. The van der Waals surface area contributed by atoms with Gasteiger partial charge in [-0.1, -0.05) is 90.4 Å². The fraction of sp³-hybridized carbons (Fsp3) is 0.840. The lowest BCUT2D eigenvalue weighted by molar-refractivity contribution is -0.0555. The first-order valence-corrected chi connectivity index (χ1v) is 15.4. The second kappa shape index (κ2) is 17.2. The summed E-state index contributed by atoms with van der Waals surface area (Å²) in [6.45, 7) is 1.75. The van der Waals surface area contributed by atoms with Gasteiger partial charge in [-0.15, -0.1) is 0 Å². The third-order valence-electron chi connectivity index (χ3n) is 6.77. The summed E-state index contributed by atoms with van der Waals surface area (Å²) in [5, 5.41) is 30.6. The number of amides is 1. The van der Waals surface area contributed by atoms with Gasteiger partial charge in [-0.3, -0.25) is 18.4 Å². The number of nitrogens with two attached hydrogens (primary N) is 1. The average Bonchev–Trinajstić information content (AvgIpc) is 3.39. The zero-order valence-electron chi connectivity index (χ0n) is 22.4. The van der Waals surface area contributed by atoms with Crippen molar-refractivity contribution in [3.05, 3.63) is 12.0 Å². The van der Waals surface area contributed by atoms with E-state index in [-0.39, 0.29) is 6.61 Å². The molecule has 0 aliphatic carbocycles. The molecule has 1 aromatic rings. The number of phosphoric ester groups is 1. The van der Waals surface area contributed by atoms with Crippen molar-refractivity contribution in [1.29, 1.82) is 0 Å². The Hall–Kier alpha value is -1.53. The van der Waals surface area contributed by atoms with Gasteiger partial charge < -0.3 is 30.7 Å². The van der Waals surface area contributed by atoms with Crippen molar-refractivity contribution in [2.45, 2.75) is 121 Å². The van der Waals surface area contributed by atoms with Gasteiger partial charge in [-0.2, -0.15) is 0 Å². The number of hydrogen-bond acceptors (Lipinski definition) is 9. The number of imidazole rings is 1. The van der Waals surface area contributed by atoms with Gasteiger partial charge in [0.15, 0.2) is 11.9 Å². The summed E-state index contributed by atoms with van der Waals surface area (Å²) in [6.07, 6.45) is 12.3. The summed E-state index contributed by atoms with van der Waals surface area (Å²) in [6, 6.07) is 0. The molecule has 1 saturated heterocycles. The molecule has 2 heterocycles. The van der Waals surface area contributed by atoms with Gasteiger partial charge >= 0.3 is 7.82 Å². The number of aliphatic hydroxyl groups is 2. The number of hydrogen-bond donors (Lipinski definition) is 5. The molecule has 1 aliphatic heterocycles. The molecule has 0 aromatic carbocycles. The Balaban J connectivity index is 1.55. The number of rotatable bonds is 21. The van der Waals surface area contributed by atoms with E-state index in [1.54, 1.807) is 0 Å². The Kier molecular flexibility index (Phi) is 14.8. The van der Waals surface area contributed by atoms with Crippen molar-refractivity contribution in [1.82, 2.24) is 9.55 Å². The standard InChI is InChI=1S/C25H46N3O9P/c1-2-3-4-5-6-7-8-9-10-11-12-13-14-15-16-35-38(33,34)36-17-19-21(29)22(30)25(37-19)28-18-27-20(23(26)31)24(28)32/h18-19,21-22,25,29-30,32H,2-17H2,1H3,(H2,26,31)(H,33,34)/t19-,21-,22-,25-/m1/s1. The first-order valence-electron chi connectivity index (χ1n) is 13.9. The first-order chi connectivity index (χ1) is 18.2. The number of carbonyl (C=O) groups excluding carboxylic acids is 1. The summed E-state index contributed by atoms with van der Waals surface area (Å²) in [5.74, 6) is -1.62. The van der Waals surface area contributed by atoms with Crippen LogP contribution in [0.3, 0.4) is 0 Å².